The maximum atomic E-state index is 13.9. The fraction of sp³-hybridized carbons (Fsp3) is 0.133. The summed E-state index contributed by atoms with van der Waals surface area (Å²) in [5, 5.41) is 0. The van der Waals surface area contributed by atoms with Gasteiger partial charge in [-0.2, -0.15) is 0 Å². The fourth-order valence-electron chi connectivity index (χ4n) is 4.63. The second-order valence-corrected chi connectivity index (χ2v) is 8.59. The number of anilines is 2. The van der Waals surface area contributed by atoms with Gasteiger partial charge in [0.15, 0.2) is 23.6 Å². The summed E-state index contributed by atoms with van der Waals surface area (Å²) in [6, 6.07) is 12.8. The molecule has 0 radical (unpaired) electrons. The third kappa shape index (κ3) is 3.77. The number of carbonyl (C=O) groups excluding carboxylic acids is 4. The van der Waals surface area contributed by atoms with Gasteiger partial charge >= 0.3 is 0 Å². The number of ketones is 3. The summed E-state index contributed by atoms with van der Waals surface area (Å²) in [4.78, 5) is 53.2. The number of benzene rings is 3. The van der Waals surface area contributed by atoms with Crippen molar-refractivity contribution in [2.45, 2.75) is 27.2 Å². The Morgan fingerprint density at radius 1 is 0.833 bits per heavy atom. The van der Waals surface area contributed by atoms with Crippen LogP contribution in [-0.2, 0) is 0 Å². The van der Waals surface area contributed by atoms with E-state index in [0.717, 1.165) is 5.57 Å². The van der Waals surface area contributed by atoms with Crippen molar-refractivity contribution in [2.24, 2.45) is 0 Å². The molecule has 36 heavy (non-hydrogen) atoms. The van der Waals surface area contributed by atoms with Crippen LogP contribution in [0.4, 0.5) is 11.4 Å². The molecule has 4 rings (SSSR count). The Hall–Kier alpha value is -4.58. The molecule has 0 saturated carbocycles. The maximum Gasteiger partial charge on any atom is 0.196 e. The number of hydrogen-bond acceptors (Lipinski definition) is 6. The molecule has 0 heterocycles. The molecule has 180 valence electrons. The molecule has 0 bridgehead atoms. The van der Waals surface area contributed by atoms with Crippen molar-refractivity contribution in [1.82, 2.24) is 0 Å². The molecule has 3 aromatic carbocycles. The highest BCUT2D eigenvalue weighted by Crippen LogP contribution is 2.40. The van der Waals surface area contributed by atoms with E-state index in [0.29, 0.717) is 29.4 Å². The van der Waals surface area contributed by atoms with E-state index in [1.165, 1.54) is 6.07 Å². The molecule has 4 N–H and O–H groups in total. The Kier molecular flexibility index (Phi) is 6.53. The van der Waals surface area contributed by atoms with Crippen molar-refractivity contribution in [3.05, 3.63) is 105 Å². The number of aldehydes is 1. The molecule has 0 atom stereocenters. The molecule has 0 saturated heterocycles. The Balaban J connectivity index is 2.08. The van der Waals surface area contributed by atoms with Crippen LogP contribution in [0.25, 0.3) is 11.1 Å². The van der Waals surface area contributed by atoms with Gasteiger partial charge in [-0.25, -0.2) is 0 Å². The number of fused-ring (bicyclic) bond motifs is 2. The number of nitrogens with two attached hydrogens (primary N) is 2. The summed E-state index contributed by atoms with van der Waals surface area (Å²) in [5.41, 5.74) is 15.3. The standard InChI is InChI=1S/C30H26N2O4/c1-4-8-17(16(3)5-2)28(34)25-18(11-13-23(31)22(25)15-33)19-12-14-24(32)27-26(19)29(35)20-9-6-7-10-21(20)30(27)36/h5-15H,4,31-32H2,1-3H3/b16-5-,17-8+. The van der Waals surface area contributed by atoms with E-state index in [1.807, 2.05) is 26.8 Å². The van der Waals surface area contributed by atoms with E-state index in [4.69, 9.17) is 11.5 Å². The van der Waals surface area contributed by atoms with Gasteiger partial charge in [-0.3, -0.25) is 19.2 Å². The second-order valence-electron chi connectivity index (χ2n) is 8.59. The van der Waals surface area contributed by atoms with Crippen molar-refractivity contribution in [1.29, 1.82) is 0 Å². The van der Waals surface area contributed by atoms with Crippen LogP contribution in [-0.4, -0.2) is 23.6 Å². The van der Waals surface area contributed by atoms with Gasteiger partial charge in [-0.05, 0) is 49.1 Å². The van der Waals surface area contributed by atoms with Crippen LogP contribution in [0.2, 0.25) is 0 Å². The molecule has 0 spiro atoms. The third-order valence-corrected chi connectivity index (χ3v) is 6.53. The predicted octanol–water partition coefficient (Wildman–Crippen LogP) is 5.59. The summed E-state index contributed by atoms with van der Waals surface area (Å²) in [6.07, 6.45) is 4.76. The van der Waals surface area contributed by atoms with E-state index in [-0.39, 0.29) is 56.3 Å². The Bertz CT molecular complexity index is 1530. The number of nitrogen functional groups attached to an aromatic ring is 2. The van der Waals surface area contributed by atoms with Gasteiger partial charge in [0, 0.05) is 44.8 Å². The van der Waals surface area contributed by atoms with Crippen LogP contribution in [0.3, 0.4) is 0 Å². The van der Waals surface area contributed by atoms with Gasteiger partial charge in [0.05, 0.1) is 5.56 Å². The molecule has 0 fully saturated rings. The van der Waals surface area contributed by atoms with E-state index in [1.54, 1.807) is 48.5 Å². The first kappa shape index (κ1) is 24.5. The molecule has 0 amide bonds. The SMILES string of the molecule is C/C=C(C)\C(=C/CC)C(=O)c1c(-c2ccc(N)c3c2C(=O)c2ccccc2C3=O)ccc(N)c1C=O. The number of hydrogen-bond donors (Lipinski definition) is 2. The first-order valence-electron chi connectivity index (χ1n) is 11.6. The van der Waals surface area contributed by atoms with Crippen molar-refractivity contribution in [3.8, 4) is 11.1 Å². The summed E-state index contributed by atoms with van der Waals surface area (Å²) < 4.78 is 0. The Morgan fingerprint density at radius 3 is 2.00 bits per heavy atom. The first-order chi connectivity index (χ1) is 17.3. The lowest BCUT2D eigenvalue weighted by molar-refractivity contribution is 0.0980. The molecule has 1 aliphatic carbocycles. The monoisotopic (exact) mass is 478 g/mol. The molecule has 0 aromatic heterocycles. The maximum absolute atomic E-state index is 13.9. The summed E-state index contributed by atoms with van der Waals surface area (Å²) in [7, 11) is 0. The van der Waals surface area contributed by atoms with Gasteiger partial charge < -0.3 is 11.5 Å². The Labute approximate surface area is 209 Å². The lowest BCUT2D eigenvalue weighted by Gasteiger charge is -2.23. The van der Waals surface area contributed by atoms with Crippen molar-refractivity contribution in [2.75, 3.05) is 11.5 Å². The number of allylic oxidation sites excluding steroid dienone is 4. The average molecular weight is 479 g/mol. The highest BCUT2D eigenvalue weighted by Gasteiger charge is 2.35. The van der Waals surface area contributed by atoms with Crippen LogP contribution in [0.5, 0.6) is 0 Å². The van der Waals surface area contributed by atoms with Gasteiger partial charge in [-0.15, -0.1) is 0 Å². The zero-order valence-corrected chi connectivity index (χ0v) is 20.3. The lowest BCUT2D eigenvalue weighted by atomic mass is 9.78. The molecule has 3 aromatic rings. The smallest absolute Gasteiger partial charge is 0.196 e. The van der Waals surface area contributed by atoms with Gasteiger partial charge in [0.2, 0.25) is 0 Å². The summed E-state index contributed by atoms with van der Waals surface area (Å²) in [5.74, 6) is -1.13. The van der Waals surface area contributed by atoms with E-state index < -0.39 is 5.78 Å². The fourth-order valence-corrected chi connectivity index (χ4v) is 4.63. The minimum Gasteiger partial charge on any atom is -0.398 e. The van der Waals surface area contributed by atoms with Gasteiger partial charge in [-0.1, -0.05) is 55.5 Å². The third-order valence-electron chi connectivity index (χ3n) is 6.53. The molecular formula is C30H26N2O4. The zero-order valence-electron chi connectivity index (χ0n) is 20.3. The second kappa shape index (κ2) is 9.58. The molecule has 0 unspecified atom stereocenters. The van der Waals surface area contributed by atoms with E-state index >= 15 is 0 Å². The highest BCUT2D eigenvalue weighted by atomic mass is 16.1. The van der Waals surface area contributed by atoms with Gasteiger partial charge in [0.25, 0.3) is 0 Å². The van der Waals surface area contributed by atoms with Crippen LogP contribution in [0.15, 0.2) is 71.8 Å². The summed E-state index contributed by atoms with van der Waals surface area (Å²) >= 11 is 0. The zero-order chi connectivity index (χ0) is 26.1. The van der Waals surface area contributed by atoms with Crippen LogP contribution in [0, 0.1) is 0 Å². The molecule has 0 aliphatic heterocycles. The molecule has 6 heteroatoms. The first-order valence-corrected chi connectivity index (χ1v) is 11.6. The van der Waals surface area contributed by atoms with E-state index in [2.05, 4.69) is 0 Å². The number of rotatable bonds is 6. The topological polar surface area (TPSA) is 120 Å². The van der Waals surface area contributed by atoms with E-state index in [9.17, 15) is 19.2 Å². The minimum absolute atomic E-state index is 0.0315. The molecule has 1 aliphatic rings. The molecular weight excluding hydrogens is 452 g/mol. The quantitative estimate of drug-likeness (QED) is 0.122. The van der Waals surface area contributed by atoms with Gasteiger partial charge in [0.1, 0.15) is 0 Å². The average Bonchev–Trinajstić information content (AvgIpc) is 2.89. The minimum atomic E-state index is -0.391. The number of carbonyl (C=O) groups is 4. The van der Waals surface area contributed by atoms with Crippen LogP contribution >= 0.6 is 0 Å². The van der Waals surface area contributed by atoms with Crippen molar-refractivity contribution in [3.63, 3.8) is 0 Å². The highest BCUT2D eigenvalue weighted by molar-refractivity contribution is 6.32. The van der Waals surface area contributed by atoms with Crippen molar-refractivity contribution >= 4 is 35.0 Å². The normalized spacial score (nSPS) is 13.3. The predicted molar refractivity (Wildman–Crippen MR) is 142 cm³/mol. The van der Waals surface area contributed by atoms with Crippen LogP contribution < -0.4 is 11.5 Å². The lowest BCUT2D eigenvalue weighted by Crippen LogP contribution is -2.23. The largest absolute Gasteiger partial charge is 0.398 e. The number of Topliss-reactive ketones (excluding diaryl/α,β-unsaturated/α-hetero) is 1. The van der Waals surface area contributed by atoms with Crippen LogP contribution in [0.1, 0.15) is 79.8 Å². The molecule has 6 nitrogen and oxygen atoms in total. The Morgan fingerprint density at radius 2 is 1.42 bits per heavy atom. The summed E-state index contributed by atoms with van der Waals surface area (Å²) in [6.45, 7) is 5.55. The van der Waals surface area contributed by atoms with Crippen molar-refractivity contribution < 1.29 is 19.2 Å².